The summed E-state index contributed by atoms with van der Waals surface area (Å²) in [5.41, 5.74) is 0. The van der Waals surface area contributed by atoms with Crippen molar-refractivity contribution in [2.45, 2.75) is 0 Å². The van der Waals surface area contributed by atoms with Crippen LogP contribution >= 0.6 is 0 Å². The van der Waals surface area contributed by atoms with E-state index in [1.807, 2.05) is 0 Å². The van der Waals surface area contributed by atoms with Crippen LogP contribution in [-0.4, -0.2) is 0 Å². The molecule has 0 atom stereocenters. The summed E-state index contributed by atoms with van der Waals surface area (Å²) in [7, 11) is 0. The van der Waals surface area contributed by atoms with Crippen molar-refractivity contribution in [1.82, 2.24) is 0 Å². The molecule has 0 aromatic rings. The molecule has 0 N–H and O–H groups in total. The van der Waals surface area contributed by atoms with E-state index in [0.717, 1.165) is 0 Å². The van der Waals surface area contributed by atoms with Gasteiger partial charge in [0.25, 0.3) is 0 Å². The third-order valence-corrected chi connectivity index (χ3v) is 0. The highest BCUT2D eigenvalue weighted by Gasteiger charge is 1.61. The van der Waals surface area contributed by atoms with Gasteiger partial charge in [-0.1, -0.05) is 6.58 Å². The van der Waals surface area contributed by atoms with Crippen LogP contribution in [0.1, 0.15) is 0 Å². The molecule has 0 amide bonds. The lowest BCUT2D eigenvalue weighted by Crippen LogP contribution is -1.50. The zero-order valence-corrected chi connectivity index (χ0v) is 2.32. The highest BCUT2D eigenvalue weighted by Crippen LogP contribution is 1.67. The third-order valence-electron chi connectivity index (χ3n) is 0. The summed E-state index contributed by atoms with van der Waals surface area (Å²) in [5.74, 6) is -0.333. The summed E-state index contributed by atoms with van der Waals surface area (Å²) in [6, 6.07) is 0. The molecule has 0 rings (SSSR count). The highest BCUT2D eigenvalue weighted by atomic mass is 16.3. The maximum absolute atomic E-state index is 9.22. The van der Waals surface area contributed by atoms with Crippen molar-refractivity contribution in [2.75, 3.05) is 0 Å². The first-order valence-electron chi connectivity index (χ1n) is 0.911. The van der Waals surface area contributed by atoms with Crippen LogP contribution in [0.5, 0.6) is 0 Å². The fourth-order valence-corrected chi connectivity index (χ4v) is 0. The molecule has 0 aromatic heterocycles. The summed E-state index contributed by atoms with van der Waals surface area (Å²) in [6.07, 6.45) is 0. The van der Waals surface area contributed by atoms with E-state index in [1.165, 1.54) is 0 Å². The lowest BCUT2D eigenvalue weighted by atomic mass is 10.7. The Labute approximate surface area is 25.6 Å². The average Bonchev–Trinajstić information content (AvgIpc) is 0.811. The zero-order valence-electron chi connectivity index (χ0n) is 2.32. The molecule has 0 aliphatic carbocycles. The van der Waals surface area contributed by atoms with Gasteiger partial charge in [-0.3, -0.25) is 5.11 Å². The van der Waals surface area contributed by atoms with E-state index >= 15 is 0 Å². The highest BCUT2D eigenvalue weighted by molar-refractivity contribution is 4.79. The smallest absolute Gasteiger partial charge is 0.149 e. The first-order chi connectivity index (χ1) is 1.73. The van der Waals surface area contributed by atoms with Gasteiger partial charge in [-0.25, -0.2) is 0 Å². The van der Waals surface area contributed by atoms with Gasteiger partial charge < -0.3 is 0 Å². The quantitative estimate of drug-likeness (QED) is 0.365. The van der Waals surface area contributed by atoms with Gasteiger partial charge >= 0.3 is 0 Å². The molecule has 22 valence electrons. The maximum atomic E-state index is 9.22. The Morgan fingerprint density at radius 1 is 1.75 bits per heavy atom. The average molecular weight is 56.1 g/mol. The van der Waals surface area contributed by atoms with Crippen LogP contribution in [0.25, 0.3) is 0 Å². The standard InChI is InChI=1S/C3H4O/c1-3(2)4/h1-2H2. The van der Waals surface area contributed by atoms with Crippen LogP contribution in [0.4, 0.5) is 0 Å². The summed E-state index contributed by atoms with van der Waals surface area (Å²) in [5, 5.41) is 9.22. The SMILES string of the molecule is [CH2]C(=C)[O]. The minimum absolute atomic E-state index is 0.333. The van der Waals surface area contributed by atoms with Crippen LogP contribution in [0, 0.1) is 6.92 Å². The van der Waals surface area contributed by atoms with Crippen molar-refractivity contribution in [1.29, 1.82) is 0 Å². The molecule has 0 saturated carbocycles. The monoisotopic (exact) mass is 56.0 g/mol. The summed E-state index contributed by atoms with van der Waals surface area (Å²) < 4.78 is 0. The van der Waals surface area contributed by atoms with Gasteiger partial charge in [0.05, 0.1) is 0 Å². The molecule has 4 heavy (non-hydrogen) atoms. The van der Waals surface area contributed by atoms with E-state index in [0.29, 0.717) is 0 Å². The summed E-state index contributed by atoms with van der Waals surface area (Å²) in [4.78, 5) is 0. The predicted molar refractivity (Wildman–Crippen MR) is 15.2 cm³/mol. The lowest BCUT2D eigenvalue weighted by Gasteiger charge is -1.58. The Bertz CT molecular complexity index is 26.3. The van der Waals surface area contributed by atoms with E-state index in [9.17, 15) is 5.11 Å². The van der Waals surface area contributed by atoms with Crippen molar-refractivity contribution >= 4 is 0 Å². The van der Waals surface area contributed by atoms with Gasteiger partial charge in [-0.15, -0.1) is 0 Å². The second-order valence-corrected chi connectivity index (χ2v) is 0.539. The van der Waals surface area contributed by atoms with Crippen LogP contribution in [0.15, 0.2) is 12.3 Å². The minimum Gasteiger partial charge on any atom is -0.296 e. The van der Waals surface area contributed by atoms with E-state index in [2.05, 4.69) is 13.5 Å². The molecule has 0 bridgehead atoms. The van der Waals surface area contributed by atoms with Crippen LogP contribution in [-0.2, 0) is 5.11 Å². The summed E-state index contributed by atoms with van der Waals surface area (Å²) in [6.45, 7) is 5.78. The van der Waals surface area contributed by atoms with Gasteiger partial charge in [0.15, 0.2) is 0 Å². The van der Waals surface area contributed by atoms with E-state index in [4.69, 9.17) is 0 Å². The third kappa shape index (κ3) is 2.12. The molecule has 1 heteroatoms. The molecule has 0 heterocycles. The van der Waals surface area contributed by atoms with E-state index < -0.39 is 0 Å². The van der Waals surface area contributed by atoms with Crippen molar-refractivity contribution in [3.8, 4) is 0 Å². The molecule has 0 unspecified atom stereocenters. The van der Waals surface area contributed by atoms with Crippen molar-refractivity contribution in [3.05, 3.63) is 19.3 Å². The Morgan fingerprint density at radius 2 is 1.75 bits per heavy atom. The van der Waals surface area contributed by atoms with E-state index in [1.54, 1.807) is 0 Å². The molecule has 0 aliphatic heterocycles. The fraction of sp³-hybridized carbons (Fsp3) is 0. The Hall–Kier alpha value is -0.460. The van der Waals surface area contributed by atoms with Crippen molar-refractivity contribution in [2.24, 2.45) is 0 Å². The van der Waals surface area contributed by atoms with Crippen molar-refractivity contribution in [3.63, 3.8) is 0 Å². The molecule has 0 aliphatic rings. The number of rotatable bonds is 0. The van der Waals surface area contributed by atoms with Gasteiger partial charge in [-0.2, -0.15) is 0 Å². The van der Waals surface area contributed by atoms with Gasteiger partial charge in [0, 0.05) is 6.92 Å². The van der Waals surface area contributed by atoms with Crippen LogP contribution < -0.4 is 0 Å². The predicted octanol–water partition coefficient (Wildman–Crippen LogP) is 0.765. The minimum atomic E-state index is -0.333. The zero-order chi connectivity index (χ0) is 3.58. The number of hydrogen-bond donors (Lipinski definition) is 0. The van der Waals surface area contributed by atoms with Crippen LogP contribution in [0.2, 0.25) is 0 Å². The first-order valence-corrected chi connectivity index (χ1v) is 0.911. The van der Waals surface area contributed by atoms with Gasteiger partial charge in [0.1, 0.15) is 5.76 Å². The second-order valence-electron chi connectivity index (χ2n) is 0.539. The second kappa shape index (κ2) is 0.934. The molecular weight excluding hydrogens is 52.0 g/mol. The Morgan fingerprint density at radius 3 is 1.75 bits per heavy atom. The molecule has 0 fully saturated rings. The molecule has 0 saturated heterocycles. The number of allylic oxidation sites excluding steroid dienone is 1. The van der Waals surface area contributed by atoms with E-state index in [-0.39, 0.29) is 5.76 Å². The largest absolute Gasteiger partial charge is 0.296 e. The normalized spacial score (nSPS) is 6.25. The number of hydrogen-bond acceptors (Lipinski definition) is 0. The topological polar surface area (TPSA) is 19.9 Å². The molecule has 2 radical (unpaired) electrons. The Kier molecular flexibility index (Phi) is 0.826. The van der Waals surface area contributed by atoms with Crippen LogP contribution in [0.3, 0.4) is 0 Å². The first kappa shape index (κ1) is 3.54. The molecule has 0 aromatic carbocycles. The van der Waals surface area contributed by atoms with Gasteiger partial charge in [-0.05, 0) is 0 Å². The maximum Gasteiger partial charge on any atom is 0.149 e. The van der Waals surface area contributed by atoms with Gasteiger partial charge in [0.2, 0.25) is 0 Å². The van der Waals surface area contributed by atoms with Crippen molar-refractivity contribution < 1.29 is 5.11 Å². The molecule has 1 nitrogen and oxygen atoms in total. The molecule has 0 spiro atoms. The Balaban J connectivity index is 2.80. The summed E-state index contributed by atoms with van der Waals surface area (Å²) >= 11 is 0. The lowest BCUT2D eigenvalue weighted by molar-refractivity contribution is 0.316. The molecular formula is C3H4O. The fourth-order valence-electron chi connectivity index (χ4n) is 0.